The third kappa shape index (κ3) is 4.86. The van der Waals surface area contributed by atoms with Crippen LogP contribution in [0.4, 0.5) is 11.4 Å². The van der Waals surface area contributed by atoms with E-state index >= 15 is 0 Å². The standard InChI is InChI=1S/C23H20BrN3O2S/c24-21-11-10-20(30-21)18-14-23(29)27(19-9-5-4-8-17(19)26-18)15-22(28)25-13-12-16-6-2-1-3-7-16/h1-11H,12-15H2,(H,25,28). The van der Waals surface area contributed by atoms with Crippen molar-refractivity contribution >= 4 is 56.2 Å². The van der Waals surface area contributed by atoms with Gasteiger partial charge in [0.25, 0.3) is 0 Å². The van der Waals surface area contributed by atoms with Gasteiger partial charge in [-0.1, -0.05) is 42.5 Å². The van der Waals surface area contributed by atoms with Crippen molar-refractivity contribution in [3.8, 4) is 0 Å². The lowest BCUT2D eigenvalue weighted by molar-refractivity contribution is -0.123. The molecule has 1 aliphatic heterocycles. The molecule has 1 N–H and O–H groups in total. The Bertz CT molecular complexity index is 1090. The van der Waals surface area contributed by atoms with Crippen LogP contribution in [0, 0.1) is 0 Å². The van der Waals surface area contributed by atoms with Gasteiger partial charge in [-0.25, -0.2) is 4.99 Å². The van der Waals surface area contributed by atoms with Crippen LogP contribution in [0.2, 0.25) is 0 Å². The van der Waals surface area contributed by atoms with E-state index in [1.54, 1.807) is 11.3 Å². The lowest BCUT2D eigenvalue weighted by Gasteiger charge is -2.21. The van der Waals surface area contributed by atoms with Crippen molar-refractivity contribution in [2.75, 3.05) is 18.0 Å². The van der Waals surface area contributed by atoms with Gasteiger partial charge in [-0.05, 0) is 52.2 Å². The summed E-state index contributed by atoms with van der Waals surface area (Å²) in [6, 6.07) is 21.3. The van der Waals surface area contributed by atoms with E-state index in [9.17, 15) is 9.59 Å². The van der Waals surface area contributed by atoms with E-state index in [0.717, 1.165) is 26.4 Å². The summed E-state index contributed by atoms with van der Waals surface area (Å²) in [5.74, 6) is -0.321. The first kappa shape index (κ1) is 20.5. The summed E-state index contributed by atoms with van der Waals surface area (Å²) in [4.78, 5) is 32.9. The SMILES string of the molecule is O=C(CN1C(=O)CC(c2ccc(Br)s2)=Nc2ccccc21)NCCc1ccccc1. The molecular weight excluding hydrogens is 462 g/mol. The van der Waals surface area contributed by atoms with Crippen LogP contribution in [0.25, 0.3) is 0 Å². The Kier molecular flexibility index (Phi) is 6.40. The number of benzene rings is 2. The van der Waals surface area contributed by atoms with Gasteiger partial charge in [0.15, 0.2) is 0 Å². The van der Waals surface area contributed by atoms with Crippen LogP contribution >= 0.6 is 27.3 Å². The Morgan fingerprint density at radius 3 is 2.60 bits per heavy atom. The third-order valence-electron chi connectivity index (χ3n) is 4.79. The number of anilines is 1. The highest BCUT2D eigenvalue weighted by molar-refractivity contribution is 9.11. The summed E-state index contributed by atoms with van der Waals surface area (Å²) in [6.07, 6.45) is 0.899. The number of fused-ring (bicyclic) bond motifs is 1. The minimum atomic E-state index is -0.184. The van der Waals surface area contributed by atoms with Gasteiger partial charge < -0.3 is 10.2 Å². The summed E-state index contributed by atoms with van der Waals surface area (Å²) in [5, 5.41) is 2.92. The van der Waals surface area contributed by atoms with Crippen molar-refractivity contribution < 1.29 is 9.59 Å². The lowest BCUT2D eigenvalue weighted by Crippen LogP contribution is -2.41. The number of carbonyl (C=O) groups excluding carboxylic acids is 2. The highest BCUT2D eigenvalue weighted by Gasteiger charge is 2.27. The van der Waals surface area contributed by atoms with E-state index in [2.05, 4.69) is 21.2 Å². The number of nitrogens with zero attached hydrogens (tertiary/aromatic N) is 2. The molecule has 1 aliphatic rings. The van der Waals surface area contributed by atoms with Gasteiger partial charge in [0, 0.05) is 6.54 Å². The monoisotopic (exact) mass is 481 g/mol. The quantitative estimate of drug-likeness (QED) is 0.553. The predicted molar refractivity (Wildman–Crippen MR) is 125 cm³/mol. The summed E-state index contributed by atoms with van der Waals surface area (Å²) in [6.45, 7) is 0.499. The third-order valence-corrected chi connectivity index (χ3v) is 6.46. The molecule has 0 unspecified atom stereocenters. The van der Waals surface area contributed by atoms with E-state index in [4.69, 9.17) is 4.99 Å². The van der Waals surface area contributed by atoms with Crippen LogP contribution in [0.15, 0.2) is 75.5 Å². The molecule has 0 saturated heterocycles. The Hall–Kier alpha value is -2.77. The van der Waals surface area contributed by atoms with Gasteiger partial charge in [-0.15, -0.1) is 11.3 Å². The van der Waals surface area contributed by atoms with Gasteiger partial charge in [0.1, 0.15) is 6.54 Å². The maximum absolute atomic E-state index is 13.1. The number of rotatable bonds is 6. The van der Waals surface area contributed by atoms with Crippen LogP contribution in [0.3, 0.4) is 0 Å². The second-order valence-electron chi connectivity index (χ2n) is 6.89. The molecule has 1 aromatic heterocycles. The van der Waals surface area contributed by atoms with Crippen molar-refractivity contribution in [2.45, 2.75) is 12.8 Å². The van der Waals surface area contributed by atoms with E-state index < -0.39 is 0 Å². The molecule has 0 atom stereocenters. The molecule has 152 valence electrons. The number of para-hydroxylation sites is 2. The topological polar surface area (TPSA) is 61.8 Å². The molecule has 5 nitrogen and oxygen atoms in total. The maximum atomic E-state index is 13.1. The normalized spacial score (nSPS) is 13.4. The van der Waals surface area contributed by atoms with Crippen molar-refractivity contribution in [2.24, 2.45) is 4.99 Å². The van der Waals surface area contributed by atoms with Crippen molar-refractivity contribution in [1.82, 2.24) is 5.32 Å². The number of nitrogens with one attached hydrogen (secondary N) is 1. The summed E-state index contributed by atoms with van der Waals surface area (Å²) in [7, 11) is 0. The minimum absolute atomic E-state index is 0.0262. The number of hydrogen-bond acceptors (Lipinski definition) is 4. The van der Waals surface area contributed by atoms with Gasteiger partial charge in [-0.2, -0.15) is 0 Å². The second kappa shape index (κ2) is 9.36. The summed E-state index contributed by atoms with van der Waals surface area (Å²) >= 11 is 5.01. The maximum Gasteiger partial charge on any atom is 0.240 e. The molecule has 0 bridgehead atoms. The predicted octanol–water partition coefficient (Wildman–Crippen LogP) is 4.73. The molecule has 2 aromatic carbocycles. The van der Waals surface area contributed by atoms with Crippen molar-refractivity contribution in [3.05, 3.63) is 81.0 Å². The molecule has 0 aliphatic carbocycles. The minimum Gasteiger partial charge on any atom is -0.354 e. The summed E-state index contributed by atoms with van der Waals surface area (Å²) < 4.78 is 0.986. The molecule has 30 heavy (non-hydrogen) atoms. The molecule has 4 rings (SSSR count). The number of hydrogen-bond donors (Lipinski definition) is 1. The fourth-order valence-corrected chi connectivity index (χ4v) is 4.69. The first-order chi connectivity index (χ1) is 14.6. The van der Waals surface area contributed by atoms with Gasteiger partial charge in [0.2, 0.25) is 11.8 Å². The number of aliphatic imine (C=N–C) groups is 1. The van der Waals surface area contributed by atoms with Crippen LogP contribution in [0.1, 0.15) is 16.9 Å². The molecule has 2 heterocycles. The zero-order chi connectivity index (χ0) is 20.9. The molecule has 0 saturated carbocycles. The molecule has 7 heteroatoms. The average Bonchev–Trinajstić information content (AvgIpc) is 3.13. The van der Waals surface area contributed by atoms with Crippen LogP contribution in [-0.2, 0) is 16.0 Å². The van der Waals surface area contributed by atoms with Gasteiger partial charge in [-0.3, -0.25) is 9.59 Å². The molecule has 0 fully saturated rings. The van der Waals surface area contributed by atoms with Crippen LogP contribution in [0.5, 0.6) is 0 Å². The van der Waals surface area contributed by atoms with E-state index in [1.807, 2.05) is 66.7 Å². The van der Waals surface area contributed by atoms with Gasteiger partial charge in [0.05, 0.1) is 32.2 Å². The van der Waals surface area contributed by atoms with Crippen molar-refractivity contribution in [1.29, 1.82) is 0 Å². The largest absolute Gasteiger partial charge is 0.354 e. The zero-order valence-corrected chi connectivity index (χ0v) is 18.6. The van der Waals surface area contributed by atoms with E-state index in [-0.39, 0.29) is 24.8 Å². The van der Waals surface area contributed by atoms with Crippen LogP contribution in [-0.4, -0.2) is 30.6 Å². The van der Waals surface area contributed by atoms with E-state index in [0.29, 0.717) is 17.9 Å². The summed E-state index contributed by atoms with van der Waals surface area (Å²) in [5.41, 5.74) is 3.23. The Morgan fingerprint density at radius 2 is 1.83 bits per heavy atom. The van der Waals surface area contributed by atoms with Crippen molar-refractivity contribution in [3.63, 3.8) is 0 Å². The fourth-order valence-electron chi connectivity index (χ4n) is 3.32. The Balaban J connectivity index is 1.48. The smallest absolute Gasteiger partial charge is 0.240 e. The van der Waals surface area contributed by atoms with Gasteiger partial charge >= 0.3 is 0 Å². The molecule has 3 aromatic rings. The molecular formula is C23H20BrN3O2S. The fraction of sp³-hybridized carbons (Fsp3) is 0.174. The van der Waals surface area contributed by atoms with Crippen LogP contribution < -0.4 is 10.2 Å². The Labute approximate surface area is 187 Å². The molecule has 0 radical (unpaired) electrons. The first-order valence-electron chi connectivity index (χ1n) is 9.63. The lowest BCUT2D eigenvalue weighted by atomic mass is 10.1. The second-order valence-corrected chi connectivity index (χ2v) is 9.36. The number of halogens is 1. The first-order valence-corrected chi connectivity index (χ1v) is 11.2. The zero-order valence-electron chi connectivity index (χ0n) is 16.2. The molecule has 2 amide bonds. The highest BCUT2D eigenvalue weighted by Crippen LogP contribution is 2.34. The molecule has 0 spiro atoms. The average molecular weight is 482 g/mol. The highest BCUT2D eigenvalue weighted by atomic mass is 79.9. The van der Waals surface area contributed by atoms with E-state index in [1.165, 1.54) is 4.90 Å². The number of carbonyl (C=O) groups is 2. The number of thiophene rings is 1. The number of amides is 2. The Morgan fingerprint density at radius 1 is 1.07 bits per heavy atom.